The van der Waals surface area contributed by atoms with Crippen LogP contribution in [0.1, 0.15) is 52.4 Å². The van der Waals surface area contributed by atoms with E-state index in [-0.39, 0.29) is 61.8 Å². The molecule has 4 aliphatic rings. The molecule has 9 atom stereocenters. The molecule has 10 N–H and O–H groups in total. The van der Waals surface area contributed by atoms with E-state index in [4.69, 9.17) is 34.5 Å². The van der Waals surface area contributed by atoms with Crippen molar-refractivity contribution in [3.63, 3.8) is 0 Å². The molecule has 0 spiro atoms. The highest BCUT2D eigenvalue weighted by atomic mass is 16.8. The van der Waals surface area contributed by atoms with E-state index in [1.807, 2.05) is 0 Å². The molecule has 2 fully saturated rings. The normalized spacial score (nSPS) is 31.2. The number of aliphatic carboxylic acids is 1. The summed E-state index contributed by atoms with van der Waals surface area (Å²) < 4.78 is 29.9. The van der Waals surface area contributed by atoms with Gasteiger partial charge in [0, 0.05) is 19.1 Å². The number of aliphatic hydroxyl groups is 5. The van der Waals surface area contributed by atoms with Crippen LogP contribution in [0.25, 0.3) is 0 Å². The number of hydrogen-bond donors (Lipinski definition) is 9. The van der Waals surface area contributed by atoms with Gasteiger partial charge in [0.25, 0.3) is 0 Å². The number of carboxylic acid groups (broad SMARTS) is 1. The largest absolute Gasteiger partial charge is 0.478 e. The molecule has 1 saturated carbocycles. The van der Waals surface area contributed by atoms with Crippen molar-refractivity contribution < 1.29 is 68.8 Å². The number of nitrogens with two attached hydrogens (primary N) is 1. The fourth-order valence-electron chi connectivity index (χ4n) is 6.89. The lowest BCUT2D eigenvalue weighted by Gasteiger charge is -2.44. The monoisotopic (exact) mass is 765 g/mol. The number of nitrogens with zero attached hydrogens (tertiary/aromatic N) is 1. The molecule has 0 aromatic heterocycles. The third-order valence-electron chi connectivity index (χ3n) is 9.65. The van der Waals surface area contributed by atoms with Gasteiger partial charge in [-0.3, -0.25) is 4.99 Å². The van der Waals surface area contributed by atoms with Gasteiger partial charge in [0.2, 0.25) is 6.29 Å². The van der Waals surface area contributed by atoms with Crippen LogP contribution in [-0.4, -0.2) is 137 Å². The van der Waals surface area contributed by atoms with Gasteiger partial charge < -0.3 is 70.3 Å². The van der Waals surface area contributed by atoms with Crippen molar-refractivity contribution in [1.82, 2.24) is 5.32 Å². The molecule has 17 nitrogen and oxygen atoms in total. The molecule has 54 heavy (non-hydrogen) atoms. The number of ether oxygens (including phenoxy) is 5. The van der Waals surface area contributed by atoms with Crippen molar-refractivity contribution in [2.75, 3.05) is 39.5 Å². The second-order valence-corrected chi connectivity index (χ2v) is 14.0. The first-order valence-corrected chi connectivity index (χ1v) is 18.5. The number of hydrogen-bond acceptors (Lipinski definition) is 13. The zero-order chi connectivity index (χ0) is 39.4. The Morgan fingerprint density at radius 3 is 2.50 bits per heavy atom. The highest BCUT2D eigenvalue weighted by molar-refractivity contribution is 5.92. The molecule has 0 radical (unpaired) electrons. The Hall–Kier alpha value is -3.65. The van der Waals surface area contributed by atoms with E-state index in [0.717, 1.165) is 32.1 Å². The third-order valence-corrected chi connectivity index (χ3v) is 9.65. The van der Waals surface area contributed by atoms with Gasteiger partial charge in [-0.15, -0.1) is 6.58 Å². The van der Waals surface area contributed by atoms with Crippen molar-refractivity contribution in [2.24, 2.45) is 22.6 Å². The lowest BCUT2D eigenvalue weighted by atomic mass is 9.83. The van der Waals surface area contributed by atoms with Crippen molar-refractivity contribution in [3.8, 4) is 0 Å². The lowest BCUT2D eigenvalue weighted by molar-refractivity contribution is -0.843. The molecule has 0 aromatic carbocycles. The highest BCUT2D eigenvalue weighted by Crippen LogP contribution is 2.38. The van der Waals surface area contributed by atoms with Crippen LogP contribution >= 0.6 is 0 Å². The van der Waals surface area contributed by atoms with Crippen LogP contribution in [0.4, 0.5) is 0 Å². The number of guanidine groups is 1. The number of carboxylic acids is 1. The summed E-state index contributed by atoms with van der Waals surface area (Å²) in [6.45, 7) is 6.97. The summed E-state index contributed by atoms with van der Waals surface area (Å²) in [4.78, 5) is 31.2. The maximum absolute atomic E-state index is 13.8. The minimum atomic E-state index is -1.48. The average molecular weight is 766 g/mol. The second kappa shape index (κ2) is 20.9. The van der Waals surface area contributed by atoms with Crippen LogP contribution < -0.4 is 16.0 Å². The number of nitrogens with one attached hydrogen (secondary N) is 2. The molecule has 1 aliphatic carbocycles. The smallest absolute Gasteiger partial charge is 0.339 e. The molecule has 0 bridgehead atoms. The van der Waals surface area contributed by atoms with Gasteiger partial charge in [-0.25, -0.2) is 9.59 Å². The molecule has 0 amide bonds. The van der Waals surface area contributed by atoms with Crippen molar-refractivity contribution in [1.29, 1.82) is 0 Å². The van der Waals surface area contributed by atoms with Gasteiger partial charge in [-0.05, 0) is 46.0 Å². The number of allylic oxidation sites excluding steroid dienone is 2. The van der Waals surface area contributed by atoms with Gasteiger partial charge in [-0.2, -0.15) is 0 Å². The molecule has 17 heteroatoms. The van der Waals surface area contributed by atoms with Crippen LogP contribution in [0.15, 0.2) is 64.7 Å². The zero-order valence-electron chi connectivity index (χ0n) is 30.9. The average Bonchev–Trinajstić information content (AvgIpc) is 3.14. The Kier molecular flexibility index (Phi) is 16.7. The number of aliphatic hydroxyl groups excluding tert-OH is 5. The quantitative estimate of drug-likeness (QED) is 0.0275. The van der Waals surface area contributed by atoms with Gasteiger partial charge >= 0.3 is 11.9 Å². The Labute approximate surface area is 315 Å². The second-order valence-electron chi connectivity index (χ2n) is 14.0. The van der Waals surface area contributed by atoms with Crippen molar-refractivity contribution in [2.45, 2.75) is 102 Å². The molecule has 1 unspecified atom stereocenters. The van der Waals surface area contributed by atoms with Gasteiger partial charge in [0.15, 0.2) is 12.2 Å². The molecule has 0 aromatic rings. The maximum atomic E-state index is 13.8. The summed E-state index contributed by atoms with van der Waals surface area (Å²) in [6, 6.07) is 0. The van der Waals surface area contributed by atoms with Crippen molar-refractivity contribution in [3.05, 3.63) is 59.7 Å². The molecule has 4 rings (SSSR count). The molecule has 302 valence electrons. The number of esters is 1. The van der Waals surface area contributed by atoms with E-state index in [9.17, 15) is 35.1 Å². The molecule has 3 heterocycles. The van der Waals surface area contributed by atoms with Gasteiger partial charge in [0.1, 0.15) is 55.4 Å². The summed E-state index contributed by atoms with van der Waals surface area (Å²) >= 11 is 0. The summed E-state index contributed by atoms with van der Waals surface area (Å²) in [6.07, 6.45) is 3.98. The SMILES string of the molecule is C=C[C@H]1[C@H](O[C@@H]2O[C@H](CO)[C@@H](O)[C@H](O)[C@H]2OC(C)C)OC=C(C(=O)OC2CCCCC2)[C@H]1/C=C/C1=C[NH+](CCO)CC(C(=O)O)=C1NC(N)=NCCCO. The lowest BCUT2D eigenvalue weighted by Crippen LogP contribution is -3.09. The molecule has 1 saturated heterocycles. The Balaban J connectivity index is 1.74. The number of aliphatic imine (C=N–C) groups is 1. The summed E-state index contributed by atoms with van der Waals surface area (Å²) in [7, 11) is 0. The highest BCUT2D eigenvalue weighted by Gasteiger charge is 2.49. The van der Waals surface area contributed by atoms with Crippen molar-refractivity contribution >= 4 is 17.9 Å². The predicted octanol–water partition coefficient (Wildman–Crippen LogP) is -1.27. The van der Waals surface area contributed by atoms with Gasteiger partial charge in [0.05, 0.1) is 48.3 Å². The zero-order valence-corrected chi connectivity index (χ0v) is 30.9. The Bertz CT molecular complexity index is 1440. The minimum Gasteiger partial charge on any atom is -0.478 e. The predicted molar refractivity (Wildman–Crippen MR) is 193 cm³/mol. The van der Waals surface area contributed by atoms with Crippen LogP contribution in [0.5, 0.6) is 0 Å². The number of quaternary nitrogens is 1. The minimum absolute atomic E-state index is 0.0216. The fourth-order valence-corrected chi connectivity index (χ4v) is 6.89. The van der Waals surface area contributed by atoms with E-state index >= 15 is 0 Å². The number of rotatable bonds is 17. The van der Waals surface area contributed by atoms with E-state index < -0.39 is 73.5 Å². The summed E-state index contributed by atoms with van der Waals surface area (Å²) in [5, 5.41) is 63.4. The Morgan fingerprint density at radius 1 is 1.13 bits per heavy atom. The number of carbonyl (C=O) groups is 2. The molecular weight excluding hydrogens is 708 g/mol. The van der Waals surface area contributed by atoms with Crippen LogP contribution in [0, 0.1) is 11.8 Å². The summed E-state index contributed by atoms with van der Waals surface area (Å²) in [5.41, 5.74) is 6.78. The molecular formula is C37H57N4O13+. The van der Waals surface area contributed by atoms with E-state index in [1.54, 1.807) is 32.2 Å². The summed E-state index contributed by atoms with van der Waals surface area (Å²) in [5.74, 6) is -3.53. The van der Waals surface area contributed by atoms with Crippen LogP contribution in [0.3, 0.4) is 0 Å². The fraction of sp³-hybridized carbons (Fsp3) is 0.649. The standard InChI is InChI=1S/C37H56N4O13/c1-4-24-25(12-11-22-17-41(14-16-43)18-26(33(47)48)29(22)40-37(38)39-13-8-15-42)27(34(49)52-23-9-6-5-7-10-23)20-50-35(24)54-36-32(51-21(2)3)31(46)30(45)28(19-44)53-36/h4,11-12,17,20-21,23-25,28,30-32,35-36,42-46H,1,5-10,13-16,18-19H2,2-3H3,(H,47,48)(H3,38,39,40)/p+1/b12-11+/t24-,25+,28-,30-,31+,32-,35+,36+/m1/s1. The maximum Gasteiger partial charge on any atom is 0.339 e. The van der Waals surface area contributed by atoms with Gasteiger partial charge in [-0.1, -0.05) is 24.6 Å². The van der Waals surface area contributed by atoms with E-state index in [2.05, 4.69) is 16.9 Å². The third kappa shape index (κ3) is 11.2. The van der Waals surface area contributed by atoms with Crippen LogP contribution in [0.2, 0.25) is 0 Å². The first-order valence-electron chi connectivity index (χ1n) is 18.5. The topological polar surface area (TPSA) is 257 Å². The van der Waals surface area contributed by atoms with E-state index in [0.29, 0.717) is 16.9 Å². The molecule has 3 aliphatic heterocycles. The Morgan fingerprint density at radius 2 is 1.87 bits per heavy atom. The van der Waals surface area contributed by atoms with Crippen LogP contribution in [-0.2, 0) is 33.3 Å². The number of carbonyl (C=O) groups excluding carboxylic acids is 1. The first-order chi connectivity index (χ1) is 25.9. The van der Waals surface area contributed by atoms with E-state index in [1.165, 1.54) is 12.3 Å². The first kappa shape index (κ1) is 43.1.